The Hall–Kier alpha value is -0.860. The van der Waals surface area contributed by atoms with Crippen LogP contribution in [-0.4, -0.2) is 15.2 Å². The molecule has 1 aliphatic carbocycles. The van der Waals surface area contributed by atoms with Gasteiger partial charge in [0.2, 0.25) is 0 Å². The Morgan fingerprint density at radius 1 is 1.19 bits per heavy atom. The van der Waals surface area contributed by atoms with Gasteiger partial charge in [0.15, 0.2) is 5.82 Å². The van der Waals surface area contributed by atoms with E-state index in [4.69, 9.17) is 0 Å². The zero-order valence-corrected chi connectivity index (χ0v) is 10.3. The molecule has 1 saturated carbocycles. The van der Waals surface area contributed by atoms with E-state index < -0.39 is 0 Å². The third-order valence-corrected chi connectivity index (χ3v) is 3.54. The number of nitrogens with zero attached hydrogens (tertiary/aromatic N) is 2. The average molecular weight is 221 g/mol. The van der Waals surface area contributed by atoms with Crippen molar-refractivity contribution in [2.45, 2.75) is 70.6 Å². The highest BCUT2D eigenvalue weighted by atomic mass is 15.2. The maximum absolute atomic E-state index is 4.62. The van der Waals surface area contributed by atoms with Crippen molar-refractivity contribution in [3.63, 3.8) is 0 Å². The Bertz CT molecular complexity index is 300. The van der Waals surface area contributed by atoms with E-state index in [1.54, 1.807) is 0 Å². The fourth-order valence-corrected chi connectivity index (χ4v) is 2.51. The monoisotopic (exact) mass is 221 g/mol. The number of aromatic amines is 1. The maximum atomic E-state index is 4.62. The van der Waals surface area contributed by atoms with E-state index in [0.29, 0.717) is 5.92 Å². The second-order valence-corrected chi connectivity index (χ2v) is 4.93. The summed E-state index contributed by atoms with van der Waals surface area (Å²) in [5.74, 6) is 2.81. The molecule has 2 rings (SSSR count). The van der Waals surface area contributed by atoms with Gasteiger partial charge < -0.3 is 0 Å². The maximum Gasteiger partial charge on any atom is 0.153 e. The largest absolute Gasteiger partial charge is 0.263 e. The summed E-state index contributed by atoms with van der Waals surface area (Å²) in [6.45, 7) is 2.24. The number of aryl methyl sites for hydroxylation is 1. The van der Waals surface area contributed by atoms with Crippen molar-refractivity contribution in [1.82, 2.24) is 15.2 Å². The molecular formula is C13H23N3. The third kappa shape index (κ3) is 3.06. The summed E-state index contributed by atoms with van der Waals surface area (Å²) in [7, 11) is 0. The van der Waals surface area contributed by atoms with Crippen LogP contribution < -0.4 is 0 Å². The predicted octanol–water partition coefficient (Wildman–Crippen LogP) is 3.59. The van der Waals surface area contributed by atoms with Crippen LogP contribution in [0.3, 0.4) is 0 Å². The number of hydrogen-bond acceptors (Lipinski definition) is 2. The quantitative estimate of drug-likeness (QED) is 0.746. The molecule has 0 radical (unpaired) electrons. The van der Waals surface area contributed by atoms with Crippen LogP contribution in [0, 0.1) is 0 Å². The van der Waals surface area contributed by atoms with E-state index in [-0.39, 0.29) is 0 Å². The van der Waals surface area contributed by atoms with Gasteiger partial charge in [-0.15, -0.1) is 0 Å². The molecule has 0 aromatic carbocycles. The molecule has 16 heavy (non-hydrogen) atoms. The number of rotatable bonds is 6. The summed E-state index contributed by atoms with van der Waals surface area (Å²) in [6, 6.07) is 0. The van der Waals surface area contributed by atoms with Gasteiger partial charge in [0, 0.05) is 12.3 Å². The molecule has 0 aliphatic heterocycles. The summed E-state index contributed by atoms with van der Waals surface area (Å²) in [4.78, 5) is 4.62. The molecule has 1 N–H and O–H groups in total. The molecule has 1 aromatic heterocycles. The number of H-pyrrole nitrogens is 1. The van der Waals surface area contributed by atoms with Crippen LogP contribution in [0.25, 0.3) is 0 Å². The lowest BCUT2D eigenvalue weighted by molar-refractivity contribution is 0.650. The molecule has 3 nitrogen and oxygen atoms in total. The molecule has 0 atom stereocenters. The first-order valence-corrected chi connectivity index (χ1v) is 6.81. The van der Waals surface area contributed by atoms with Crippen molar-refractivity contribution in [3.8, 4) is 0 Å². The SMILES string of the molecule is CCCCCCc1nc(C2CCCC2)n[nH]1. The average Bonchev–Trinajstić information content (AvgIpc) is 2.94. The molecule has 3 heteroatoms. The fourth-order valence-electron chi connectivity index (χ4n) is 2.51. The van der Waals surface area contributed by atoms with Gasteiger partial charge in [-0.2, -0.15) is 5.10 Å². The van der Waals surface area contributed by atoms with E-state index in [9.17, 15) is 0 Å². The molecule has 1 fully saturated rings. The van der Waals surface area contributed by atoms with Gasteiger partial charge in [0.1, 0.15) is 5.82 Å². The number of nitrogens with one attached hydrogen (secondary N) is 1. The molecule has 1 aromatic rings. The molecule has 0 bridgehead atoms. The summed E-state index contributed by atoms with van der Waals surface area (Å²) in [5, 5.41) is 7.46. The molecule has 0 unspecified atom stereocenters. The highest BCUT2D eigenvalue weighted by Crippen LogP contribution is 2.31. The Kier molecular flexibility index (Phi) is 4.37. The lowest BCUT2D eigenvalue weighted by Crippen LogP contribution is -1.95. The molecule has 1 heterocycles. The minimum atomic E-state index is 0.639. The Labute approximate surface area is 98.1 Å². The van der Waals surface area contributed by atoms with Gasteiger partial charge >= 0.3 is 0 Å². The van der Waals surface area contributed by atoms with Crippen molar-refractivity contribution in [3.05, 3.63) is 11.6 Å². The highest BCUT2D eigenvalue weighted by molar-refractivity contribution is 4.99. The highest BCUT2D eigenvalue weighted by Gasteiger charge is 2.20. The first-order chi connectivity index (χ1) is 7.90. The molecular weight excluding hydrogens is 198 g/mol. The van der Waals surface area contributed by atoms with Gasteiger partial charge in [-0.05, 0) is 19.3 Å². The fraction of sp³-hybridized carbons (Fsp3) is 0.846. The van der Waals surface area contributed by atoms with Crippen molar-refractivity contribution in [2.24, 2.45) is 0 Å². The van der Waals surface area contributed by atoms with Crippen LogP contribution in [0.2, 0.25) is 0 Å². The van der Waals surface area contributed by atoms with Crippen molar-refractivity contribution < 1.29 is 0 Å². The lowest BCUT2D eigenvalue weighted by atomic mass is 10.1. The first kappa shape index (κ1) is 11.6. The van der Waals surface area contributed by atoms with Gasteiger partial charge in [0.05, 0.1) is 0 Å². The topological polar surface area (TPSA) is 41.6 Å². The van der Waals surface area contributed by atoms with E-state index in [2.05, 4.69) is 22.1 Å². The Morgan fingerprint density at radius 3 is 2.75 bits per heavy atom. The second-order valence-electron chi connectivity index (χ2n) is 4.93. The third-order valence-electron chi connectivity index (χ3n) is 3.54. The van der Waals surface area contributed by atoms with E-state index in [0.717, 1.165) is 18.1 Å². The van der Waals surface area contributed by atoms with E-state index in [1.165, 1.54) is 51.4 Å². The Morgan fingerprint density at radius 2 is 2.00 bits per heavy atom. The number of unbranched alkanes of at least 4 members (excludes halogenated alkanes) is 3. The standard InChI is InChI=1S/C13H23N3/c1-2-3-4-5-10-12-14-13(16-15-12)11-8-6-7-9-11/h11H,2-10H2,1H3,(H,14,15,16). The van der Waals surface area contributed by atoms with Gasteiger partial charge in [-0.1, -0.05) is 39.0 Å². The normalized spacial score (nSPS) is 17.1. The van der Waals surface area contributed by atoms with Crippen LogP contribution in [0.5, 0.6) is 0 Å². The van der Waals surface area contributed by atoms with E-state index >= 15 is 0 Å². The summed E-state index contributed by atoms with van der Waals surface area (Å²) >= 11 is 0. The number of aromatic nitrogens is 3. The molecule has 90 valence electrons. The second kappa shape index (κ2) is 6.02. The minimum Gasteiger partial charge on any atom is -0.263 e. The van der Waals surface area contributed by atoms with Gasteiger partial charge in [0.25, 0.3) is 0 Å². The first-order valence-electron chi connectivity index (χ1n) is 6.81. The molecule has 0 saturated heterocycles. The minimum absolute atomic E-state index is 0.639. The molecule has 0 amide bonds. The smallest absolute Gasteiger partial charge is 0.153 e. The lowest BCUT2D eigenvalue weighted by Gasteiger charge is -2.00. The Balaban J connectivity index is 1.77. The van der Waals surface area contributed by atoms with Crippen LogP contribution in [-0.2, 0) is 6.42 Å². The van der Waals surface area contributed by atoms with Crippen LogP contribution >= 0.6 is 0 Å². The molecule has 0 spiro atoms. The van der Waals surface area contributed by atoms with Crippen LogP contribution in [0.1, 0.15) is 75.9 Å². The van der Waals surface area contributed by atoms with Crippen molar-refractivity contribution >= 4 is 0 Å². The molecule has 1 aliphatic rings. The van der Waals surface area contributed by atoms with Crippen LogP contribution in [0.4, 0.5) is 0 Å². The number of hydrogen-bond donors (Lipinski definition) is 1. The summed E-state index contributed by atoms with van der Waals surface area (Å²) in [6.07, 6.45) is 11.5. The zero-order chi connectivity index (χ0) is 11.2. The van der Waals surface area contributed by atoms with E-state index in [1.807, 2.05) is 0 Å². The van der Waals surface area contributed by atoms with Crippen molar-refractivity contribution in [1.29, 1.82) is 0 Å². The van der Waals surface area contributed by atoms with Gasteiger partial charge in [-0.3, -0.25) is 5.10 Å². The summed E-state index contributed by atoms with van der Waals surface area (Å²) in [5.41, 5.74) is 0. The van der Waals surface area contributed by atoms with Crippen LogP contribution in [0.15, 0.2) is 0 Å². The van der Waals surface area contributed by atoms with Crippen molar-refractivity contribution in [2.75, 3.05) is 0 Å². The predicted molar refractivity (Wildman–Crippen MR) is 65.4 cm³/mol. The summed E-state index contributed by atoms with van der Waals surface area (Å²) < 4.78 is 0. The van der Waals surface area contributed by atoms with Gasteiger partial charge in [-0.25, -0.2) is 4.98 Å². The zero-order valence-electron chi connectivity index (χ0n) is 10.3.